The highest BCUT2D eigenvalue weighted by molar-refractivity contribution is 9.10. The first-order valence-electron chi connectivity index (χ1n) is 7.87. The Kier molecular flexibility index (Phi) is 5.42. The molecule has 0 aromatic heterocycles. The van der Waals surface area contributed by atoms with E-state index in [1.165, 1.54) is 6.07 Å². The summed E-state index contributed by atoms with van der Waals surface area (Å²) in [6, 6.07) is 17.4. The van der Waals surface area contributed by atoms with Gasteiger partial charge in [-0.05, 0) is 82.7 Å². The van der Waals surface area contributed by atoms with Gasteiger partial charge in [0, 0.05) is 15.8 Å². The molecule has 4 N–H and O–H groups in total. The van der Waals surface area contributed by atoms with Gasteiger partial charge in [0.2, 0.25) is 0 Å². The molecule has 3 aromatic carbocycles. The number of ether oxygens (including phenoxy) is 2. The van der Waals surface area contributed by atoms with E-state index in [0.717, 1.165) is 0 Å². The summed E-state index contributed by atoms with van der Waals surface area (Å²) in [4.78, 5) is 24.8. The highest BCUT2D eigenvalue weighted by Crippen LogP contribution is 2.23. The third kappa shape index (κ3) is 4.65. The molecule has 0 saturated carbocycles. The second kappa shape index (κ2) is 7.92. The van der Waals surface area contributed by atoms with E-state index < -0.39 is 11.9 Å². The standard InChI is InChI=1S/C20H15BrN2O4/c21-18-10-1-12(19(24)26-15-6-2-13(22)3-7-15)11-17(18)20(25)27-16-8-4-14(23)5-9-16/h1-11H,22-23H2. The Morgan fingerprint density at radius 2 is 1.19 bits per heavy atom. The molecule has 0 radical (unpaired) electrons. The molecule has 0 bridgehead atoms. The molecule has 0 fully saturated rings. The Bertz CT molecular complexity index is 986. The maximum absolute atomic E-state index is 12.4. The summed E-state index contributed by atoms with van der Waals surface area (Å²) in [7, 11) is 0. The van der Waals surface area contributed by atoms with Crippen LogP contribution < -0.4 is 20.9 Å². The third-order valence-corrected chi connectivity index (χ3v) is 4.29. The van der Waals surface area contributed by atoms with Gasteiger partial charge in [0.25, 0.3) is 0 Å². The molecule has 0 aliphatic carbocycles. The molecule has 3 rings (SSSR count). The maximum Gasteiger partial charge on any atom is 0.344 e. The Hall–Kier alpha value is -3.32. The van der Waals surface area contributed by atoms with Crippen LogP contribution in [0.15, 0.2) is 71.2 Å². The number of halogens is 1. The third-order valence-electron chi connectivity index (χ3n) is 3.60. The van der Waals surface area contributed by atoms with E-state index in [2.05, 4.69) is 15.9 Å². The first-order chi connectivity index (χ1) is 12.9. The van der Waals surface area contributed by atoms with Gasteiger partial charge in [0.1, 0.15) is 11.5 Å². The lowest BCUT2D eigenvalue weighted by molar-refractivity contribution is 0.0734. The molecule has 3 aromatic rings. The smallest absolute Gasteiger partial charge is 0.344 e. The average Bonchev–Trinajstić information content (AvgIpc) is 2.65. The number of anilines is 2. The van der Waals surface area contributed by atoms with Crippen molar-refractivity contribution in [1.29, 1.82) is 0 Å². The van der Waals surface area contributed by atoms with Crippen LogP contribution in [0.5, 0.6) is 11.5 Å². The first kappa shape index (κ1) is 18.5. The van der Waals surface area contributed by atoms with Crippen molar-refractivity contribution in [3.63, 3.8) is 0 Å². The highest BCUT2D eigenvalue weighted by atomic mass is 79.9. The number of carbonyl (C=O) groups excluding carboxylic acids is 2. The number of carbonyl (C=O) groups is 2. The number of esters is 2. The minimum atomic E-state index is -0.617. The molecule has 0 saturated heterocycles. The zero-order chi connectivity index (χ0) is 19.4. The topological polar surface area (TPSA) is 105 Å². The van der Waals surface area contributed by atoms with Crippen molar-refractivity contribution in [2.24, 2.45) is 0 Å². The van der Waals surface area contributed by atoms with E-state index in [9.17, 15) is 9.59 Å². The fourth-order valence-corrected chi connectivity index (χ4v) is 2.62. The Balaban J connectivity index is 1.78. The van der Waals surface area contributed by atoms with Gasteiger partial charge in [0.15, 0.2) is 0 Å². The minimum Gasteiger partial charge on any atom is -0.423 e. The van der Waals surface area contributed by atoms with E-state index in [4.69, 9.17) is 20.9 Å². The molecule has 7 heteroatoms. The van der Waals surface area contributed by atoms with Crippen LogP contribution in [0.1, 0.15) is 20.7 Å². The van der Waals surface area contributed by atoms with Gasteiger partial charge in [-0.15, -0.1) is 0 Å². The minimum absolute atomic E-state index is 0.193. The summed E-state index contributed by atoms with van der Waals surface area (Å²) in [5.74, 6) is -0.526. The van der Waals surface area contributed by atoms with E-state index in [1.807, 2.05) is 0 Å². The molecule has 0 unspecified atom stereocenters. The lowest BCUT2D eigenvalue weighted by atomic mass is 10.1. The molecule has 27 heavy (non-hydrogen) atoms. The molecule has 0 aliphatic rings. The Morgan fingerprint density at radius 3 is 1.70 bits per heavy atom. The fourth-order valence-electron chi connectivity index (χ4n) is 2.21. The number of nitrogens with two attached hydrogens (primary N) is 2. The second-order valence-corrected chi connectivity index (χ2v) is 6.47. The Labute approximate surface area is 163 Å². The normalized spacial score (nSPS) is 10.3. The largest absolute Gasteiger partial charge is 0.423 e. The maximum atomic E-state index is 12.4. The van der Waals surface area contributed by atoms with Gasteiger partial charge in [-0.1, -0.05) is 0 Å². The summed E-state index contributed by atoms with van der Waals surface area (Å²) in [5.41, 5.74) is 12.7. The van der Waals surface area contributed by atoms with Gasteiger partial charge in [0.05, 0.1) is 11.1 Å². The number of rotatable bonds is 4. The van der Waals surface area contributed by atoms with Crippen LogP contribution in [-0.2, 0) is 0 Å². The van der Waals surface area contributed by atoms with Crippen molar-refractivity contribution in [3.8, 4) is 11.5 Å². The highest BCUT2D eigenvalue weighted by Gasteiger charge is 2.17. The number of benzene rings is 3. The van der Waals surface area contributed by atoms with Gasteiger partial charge in [-0.25, -0.2) is 9.59 Å². The predicted molar refractivity (Wildman–Crippen MR) is 106 cm³/mol. The number of hydrogen-bond acceptors (Lipinski definition) is 6. The summed E-state index contributed by atoms with van der Waals surface area (Å²) in [5, 5.41) is 0. The van der Waals surface area contributed by atoms with Crippen LogP contribution in [0.4, 0.5) is 11.4 Å². The molecule has 0 amide bonds. The summed E-state index contributed by atoms with van der Waals surface area (Å²) in [6.07, 6.45) is 0. The van der Waals surface area contributed by atoms with Crippen molar-refractivity contribution in [2.75, 3.05) is 11.5 Å². The SMILES string of the molecule is Nc1ccc(OC(=O)c2ccc(Br)c(C(=O)Oc3ccc(N)cc3)c2)cc1. The van der Waals surface area contributed by atoms with E-state index in [0.29, 0.717) is 27.3 Å². The van der Waals surface area contributed by atoms with Gasteiger partial charge in [-0.3, -0.25) is 0 Å². The molecule has 136 valence electrons. The molecular weight excluding hydrogens is 412 g/mol. The van der Waals surface area contributed by atoms with Gasteiger partial charge in [-0.2, -0.15) is 0 Å². The van der Waals surface area contributed by atoms with E-state index in [-0.39, 0.29) is 11.1 Å². The monoisotopic (exact) mass is 426 g/mol. The molecule has 0 spiro atoms. The van der Waals surface area contributed by atoms with Crippen molar-refractivity contribution >= 4 is 39.2 Å². The Morgan fingerprint density at radius 1 is 0.704 bits per heavy atom. The van der Waals surface area contributed by atoms with Gasteiger partial charge >= 0.3 is 11.9 Å². The molecule has 6 nitrogen and oxygen atoms in total. The van der Waals surface area contributed by atoms with Crippen LogP contribution in [-0.4, -0.2) is 11.9 Å². The van der Waals surface area contributed by atoms with Crippen LogP contribution in [0.2, 0.25) is 0 Å². The lowest BCUT2D eigenvalue weighted by Gasteiger charge is -2.09. The molecule has 0 aliphatic heterocycles. The van der Waals surface area contributed by atoms with Crippen molar-refractivity contribution in [1.82, 2.24) is 0 Å². The summed E-state index contributed by atoms with van der Waals surface area (Å²) < 4.78 is 11.1. The summed E-state index contributed by atoms with van der Waals surface area (Å²) >= 11 is 3.29. The predicted octanol–water partition coefficient (Wildman–Crippen LogP) is 4.05. The zero-order valence-electron chi connectivity index (χ0n) is 14.0. The van der Waals surface area contributed by atoms with Crippen LogP contribution >= 0.6 is 15.9 Å². The summed E-state index contributed by atoms with van der Waals surface area (Å²) in [6.45, 7) is 0. The average molecular weight is 427 g/mol. The van der Waals surface area contributed by atoms with Crippen LogP contribution in [0.25, 0.3) is 0 Å². The number of nitrogen functional groups attached to an aromatic ring is 2. The van der Waals surface area contributed by atoms with E-state index in [1.54, 1.807) is 60.7 Å². The second-order valence-electron chi connectivity index (χ2n) is 5.61. The molecule has 0 heterocycles. The fraction of sp³-hybridized carbons (Fsp3) is 0. The first-order valence-corrected chi connectivity index (χ1v) is 8.66. The van der Waals surface area contributed by atoms with E-state index >= 15 is 0 Å². The lowest BCUT2D eigenvalue weighted by Crippen LogP contribution is -2.13. The quantitative estimate of drug-likeness (QED) is 0.370. The van der Waals surface area contributed by atoms with Crippen molar-refractivity contribution in [3.05, 3.63) is 82.3 Å². The molecular formula is C20H15BrN2O4. The van der Waals surface area contributed by atoms with Crippen LogP contribution in [0.3, 0.4) is 0 Å². The van der Waals surface area contributed by atoms with Gasteiger partial charge < -0.3 is 20.9 Å². The van der Waals surface area contributed by atoms with Crippen molar-refractivity contribution in [2.45, 2.75) is 0 Å². The number of hydrogen-bond donors (Lipinski definition) is 2. The van der Waals surface area contributed by atoms with Crippen LogP contribution in [0, 0.1) is 0 Å². The zero-order valence-corrected chi connectivity index (χ0v) is 15.6. The molecule has 0 atom stereocenters. The van der Waals surface area contributed by atoms with Crippen molar-refractivity contribution < 1.29 is 19.1 Å².